The lowest BCUT2D eigenvalue weighted by Crippen LogP contribution is -2.60. The molecule has 0 saturated heterocycles. The number of thiophene rings is 1. The van der Waals surface area contributed by atoms with Crippen LogP contribution in [0, 0.1) is 0 Å². The van der Waals surface area contributed by atoms with Crippen LogP contribution in [0.15, 0.2) is 243 Å². The monoisotopic (exact) mass is 1220 g/mol. The molecule has 13 aromatic carbocycles. The summed E-state index contributed by atoms with van der Waals surface area (Å²) in [7, 11) is 0. The van der Waals surface area contributed by atoms with Gasteiger partial charge in [0.1, 0.15) is 0 Å². The molecule has 0 radical (unpaired) electrons. The lowest BCUT2D eigenvalue weighted by molar-refractivity contribution is 0.590. The number of anilines is 6. The van der Waals surface area contributed by atoms with Gasteiger partial charge < -0.3 is 14.4 Å². The Morgan fingerprint density at radius 2 is 0.871 bits per heavy atom. The molecule has 3 nitrogen and oxygen atoms in total. The number of para-hydroxylation sites is 2. The van der Waals surface area contributed by atoms with Crippen LogP contribution in [0.5, 0.6) is 0 Å². The fourth-order valence-electron chi connectivity index (χ4n) is 15.3. The van der Waals surface area contributed by atoms with E-state index in [2.05, 4.69) is 310 Å². The smallest absolute Gasteiger partial charge is 0.264 e. The summed E-state index contributed by atoms with van der Waals surface area (Å²) < 4.78 is 37.9. The van der Waals surface area contributed by atoms with E-state index in [0.29, 0.717) is 16.8 Å². The van der Waals surface area contributed by atoms with Crippen LogP contribution in [0.3, 0.4) is 0 Å². The Morgan fingerprint density at radius 3 is 1.48 bits per heavy atom. The van der Waals surface area contributed by atoms with Gasteiger partial charge in [-0.15, -0.1) is 11.3 Å². The van der Waals surface area contributed by atoms with Crippen molar-refractivity contribution in [2.45, 2.75) is 105 Å². The molecule has 0 amide bonds. The predicted octanol–water partition coefficient (Wildman–Crippen LogP) is 23.2. The van der Waals surface area contributed by atoms with Gasteiger partial charge in [-0.2, -0.15) is 0 Å². The summed E-state index contributed by atoms with van der Waals surface area (Å²) in [5.41, 5.74) is 19.9. The summed E-state index contributed by atoms with van der Waals surface area (Å²) in [6, 6.07) is 83.3. The summed E-state index contributed by atoms with van der Waals surface area (Å²) >= 11 is 1.81. The number of aromatic nitrogens is 1. The molecule has 93 heavy (non-hydrogen) atoms. The Balaban J connectivity index is 1.08. The molecule has 0 fully saturated rings. The maximum absolute atomic E-state index is 11.5. The van der Waals surface area contributed by atoms with E-state index in [1.54, 1.807) is 0 Å². The third kappa shape index (κ3) is 8.90. The lowest BCUT2D eigenvalue weighted by Gasteiger charge is -2.45. The maximum atomic E-state index is 11.5. The van der Waals surface area contributed by atoms with Crippen molar-refractivity contribution in [3.63, 3.8) is 0 Å². The van der Waals surface area contributed by atoms with Crippen LogP contribution in [0.1, 0.15) is 109 Å². The van der Waals surface area contributed by atoms with Gasteiger partial charge in [0, 0.05) is 65.1 Å². The molecule has 15 aromatic rings. The van der Waals surface area contributed by atoms with Gasteiger partial charge in [-0.3, -0.25) is 0 Å². The number of nitrogens with zero attached hydrogens (tertiary/aromatic N) is 3. The number of rotatable bonds is 6. The first-order chi connectivity index (χ1) is 45.9. The van der Waals surface area contributed by atoms with Crippen molar-refractivity contribution in [2.24, 2.45) is 0 Å². The average molecular weight is 1220 g/mol. The van der Waals surface area contributed by atoms with Crippen molar-refractivity contribution in [2.75, 3.05) is 9.80 Å². The van der Waals surface area contributed by atoms with Crippen molar-refractivity contribution in [1.29, 1.82) is 0 Å². The molecule has 4 heterocycles. The van der Waals surface area contributed by atoms with Gasteiger partial charge in [0.15, 0.2) is 0 Å². The average Bonchev–Trinajstić information content (AvgIpc) is 1.16. The van der Waals surface area contributed by atoms with E-state index in [9.17, 15) is 4.11 Å². The number of hydrogen-bond donors (Lipinski definition) is 0. The van der Waals surface area contributed by atoms with Gasteiger partial charge in [0.25, 0.3) is 6.71 Å². The van der Waals surface area contributed by atoms with Gasteiger partial charge in [-0.25, -0.2) is 0 Å². The molecular formula is C88H76BN3S. The van der Waals surface area contributed by atoms with Crippen molar-refractivity contribution in [3.05, 3.63) is 265 Å². The maximum Gasteiger partial charge on any atom is 0.264 e. The molecule has 2 aliphatic rings. The molecule has 0 N–H and O–H groups in total. The highest BCUT2D eigenvalue weighted by Crippen LogP contribution is 2.56. The molecule has 2 aromatic heterocycles. The summed E-state index contributed by atoms with van der Waals surface area (Å²) in [6.45, 7) is 27.1. The highest BCUT2D eigenvalue weighted by atomic mass is 32.1. The molecule has 17 rings (SSSR count). The first-order valence-electron chi connectivity index (χ1n) is 34.5. The van der Waals surface area contributed by atoms with Crippen molar-refractivity contribution >= 4 is 132 Å². The van der Waals surface area contributed by atoms with Crippen LogP contribution < -0.4 is 25.5 Å². The summed E-state index contributed by atoms with van der Waals surface area (Å²) in [6.07, 6.45) is 0. The Bertz CT molecular complexity index is 5630. The normalized spacial score (nSPS) is 14.0. The second kappa shape index (κ2) is 20.4. The van der Waals surface area contributed by atoms with E-state index in [1.165, 1.54) is 43.6 Å². The Hall–Kier alpha value is -9.68. The fourth-order valence-corrected chi connectivity index (χ4v) is 16.6. The van der Waals surface area contributed by atoms with Gasteiger partial charge in [-0.05, 0) is 171 Å². The molecule has 0 aliphatic carbocycles. The fraction of sp³-hybridized carbons (Fsp3) is 0.182. The summed E-state index contributed by atoms with van der Waals surface area (Å²) in [5, 5.41) is 10.4. The van der Waals surface area contributed by atoms with E-state index >= 15 is 0 Å². The zero-order valence-electron chi connectivity index (χ0n) is 58.2. The molecule has 0 saturated carbocycles. The third-order valence-electron chi connectivity index (χ3n) is 20.2. The molecule has 0 bridgehead atoms. The van der Waals surface area contributed by atoms with Crippen molar-refractivity contribution in [3.8, 4) is 39.1 Å². The number of hydrogen-bond acceptors (Lipinski definition) is 3. The van der Waals surface area contributed by atoms with Crippen LogP contribution in [-0.2, 0) is 21.7 Å². The Kier molecular flexibility index (Phi) is 11.8. The molecule has 452 valence electrons. The first-order valence-corrected chi connectivity index (χ1v) is 33.8. The van der Waals surface area contributed by atoms with E-state index in [0.717, 1.165) is 115 Å². The molecular weight excluding hydrogens is 1140 g/mol. The molecule has 0 atom stereocenters. The van der Waals surface area contributed by atoms with E-state index in [4.69, 9.17) is 0 Å². The molecule has 0 unspecified atom stereocenters. The van der Waals surface area contributed by atoms with E-state index in [-0.39, 0.29) is 34.4 Å². The minimum Gasteiger partial charge on any atom is -0.311 e. The topological polar surface area (TPSA) is 11.4 Å². The quantitative estimate of drug-likeness (QED) is 0.121. The summed E-state index contributed by atoms with van der Waals surface area (Å²) in [4.78, 5) is 5.05. The third-order valence-corrected chi connectivity index (χ3v) is 21.4. The largest absolute Gasteiger partial charge is 0.311 e. The zero-order valence-corrected chi connectivity index (χ0v) is 56.0. The van der Waals surface area contributed by atoms with Crippen LogP contribution in [0.4, 0.5) is 34.1 Å². The highest BCUT2D eigenvalue weighted by molar-refractivity contribution is 7.33. The summed E-state index contributed by atoms with van der Waals surface area (Å²) in [5.74, 6) is 0. The van der Waals surface area contributed by atoms with Gasteiger partial charge >= 0.3 is 0 Å². The second-order valence-electron chi connectivity index (χ2n) is 30.3. The van der Waals surface area contributed by atoms with E-state index < -0.39 is 12.1 Å². The van der Waals surface area contributed by atoms with Gasteiger partial charge in [0.05, 0.1) is 32.2 Å². The molecule has 2 aliphatic heterocycles. The number of benzene rings is 13. The highest BCUT2D eigenvalue weighted by Gasteiger charge is 2.48. The van der Waals surface area contributed by atoms with Crippen molar-refractivity contribution in [1.82, 2.24) is 4.57 Å². The van der Waals surface area contributed by atoms with Crippen LogP contribution in [0.2, 0.25) is 0 Å². The minimum atomic E-state index is -0.578. The Labute approximate surface area is 555 Å². The van der Waals surface area contributed by atoms with Crippen LogP contribution in [0.25, 0.3) is 103 Å². The lowest BCUT2D eigenvalue weighted by atomic mass is 9.36. The predicted molar refractivity (Wildman–Crippen MR) is 405 cm³/mol. The number of fused-ring (bicyclic) bond motifs is 9. The van der Waals surface area contributed by atoms with Crippen LogP contribution in [-0.4, -0.2) is 11.3 Å². The second-order valence-corrected chi connectivity index (χ2v) is 31.4. The standard InChI is InChI=1S/C88H76BN3S/c1-85(2,3)58-39-45-74(70(46-58)63-41-36-57-35-34-55-28-23-29-56-37-42-66(63)80(57)79(55)56)91-75-52-62(90-72-32-21-19-30-64(72)65-31-20-22-33-73(65)90)40-44-71(75)89-81-76(91)49-61(88(10,11)12)50-77(81)92(83-67-43-38-59(86(4,5)6)51-78(67)93-84(83)89)82-68(53-24-15-13-16-25-53)47-60(87(7,8)9)48-69(82)54-26-17-14-18-27-54/h13-52H,1-12H3/i40D,44D,52D. The van der Waals surface area contributed by atoms with Crippen molar-refractivity contribution < 1.29 is 4.11 Å². The van der Waals surface area contributed by atoms with Gasteiger partial charge in [-0.1, -0.05) is 259 Å². The van der Waals surface area contributed by atoms with E-state index in [1.807, 2.05) is 23.5 Å². The Morgan fingerprint density at radius 1 is 0.366 bits per heavy atom. The van der Waals surface area contributed by atoms with Gasteiger partial charge in [0.2, 0.25) is 0 Å². The molecule has 0 spiro atoms. The van der Waals surface area contributed by atoms with Crippen LogP contribution >= 0.6 is 11.3 Å². The minimum absolute atomic E-state index is 0.0206. The first kappa shape index (κ1) is 53.9. The molecule has 5 heteroatoms. The SMILES string of the molecule is [2H]c1c([2H])c(-n2c3ccccc3c3ccccc32)c([2H])c2c1B1c3sc4cc(C(C)(C)C)ccc4c3N(c3c(-c4ccccc4)cc(C(C)(C)C)cc3-c3ccccc3)c3cc(C(C)(C)C)cc(c31)N2c1ccc(C(C)(C)C)cc1-c1ccc2ccc3cccc4ccc1c2c34. The zero-order chi connectivity index (χ0) is 66.4.